The molecular weight excluding hydrogens is 380 g/mol. The molecule has 0 bridgehead atoms. The van der Waals surface area contributed by atoms with Crippen LogP contribution >= 0.6 is 22.9 Å². The van der Waals surface area contributed by atoms with Crippen LogP contribution in [0.5, 0.6) is 0 Å². The lowest BCUT2D eigenvalue weighted by molar-refractivity contribution is 0.454. The lowest BCUT2D eigenvalue weighted by Gasteiger charge is -2.32. The average Bonchev–Trinajstić information content (AvgIpc) is 3.33. The number of aromatic nitrogens is 5. The van der Waals surface area contributed by atoms with Crippen molar-refractivity contribution >= 4 is 28.1 Å². The van der Waals surface area contributed by atoms with Gasteiger partial charge < -0.3 is 9.47 Å². The molecule has 0 spiro atoms. The monoisotopic (exact) mass is 402 g/mol. The Morgan fingerprint density at radius 1 is 1.19 bits per heavy atom. The normalized spacial score (nSPS) is 17.6. The van der Waals surface area contributed by atoms with Gasteiger partial charge in [0.2, 0.25) is 5.13 Å². The molecule has 4 rings (SSSR count). The Morgan fingerprint density at radius 3 is 2.78 bits per heavy atom. The molecule has 0 amide bonds. The first-order valence-corrected chi connectivity index (χ1v) is 10.5. The highest BCUT2D eigenvalue weighted by molar-refractivity contribution is 7.15. The Balaban J connectivity index is 1.46. The van der Waals surface area contributed by atoms with Crippen LogP contribution in [0.4, 0.5) is 5.13 Å². The summed E-state index contributed by atoms with van der Waals surface area (Å²) < 4.78 is 2.18. The molecule has 0 saturated carbocycles. The third-order valence-corrected chi connectivity index (χ3v) is 6.17. The van der Waals surface area contributed by atoms with Crippen molar-refractivity contribution in [3.05, 3.63) is 52.0 Å². The number of anilines is 1. The third kappa shape index (κ3) is 4.14. The summed E-state index contributed by atoms with van der Waals surface area (Å²) in [6.45, 7) is 6.27. The summed E-state index contributed by atoms with van der Waals surface area (Å²) in [6, 6.07) is 8.29. The minimum Gasteiger partial charge on any atom is -0.346 e. The quantitative estimate of drug-likeness (QED) is 0.635. The summed E-state index contributed by atoms with van der Waals surface area (Å²) >= 11 is 7.64. The predicted molar refractivity (Wildman–Crippen MR) is 109 cm³/mol. The van der Waals surface area contributed by atoms with Gasteiger partial charge >= 0.3 is 0 Å². The molecule has 1 saturated heterocycles. The molecule has 1 fully saturated rings. The van der Waals surface area contributed by atoms with Crippen molar-refractivity contribution in [1.82, 2.24) is 25.0 Å². The highest BCUT2D eigenvalue weighted by atomic mass is 35.5. The summed E-state index contributed by atoms with van der Waals surface area (Å²) in [7, 11) is 0. The highest BCUT2D eigenvalue weighted by Gasteiger charge is 2.27. The summed E-state index contributed by atoms with van der Waals surface area (Å²) in [4.78, 5) is 2.34. The first kappa shape index (κ1) is 18.4. The van der Waals surface area contributed by atoms with Crippen LogP contribution in [0.1, 0.15) is 55.0 Å². The molecule has 8 heteroatoms. The van der Waals surface area contributed by atoms with Gasteiger partial charge in [-0.25, -0.2) is 0 Å². The van der Waals surface area contributed by atoms with E-state index in [4.69, 9.17) is 11.6 Å². The van der Waals surface area contributed by atoms with Crippen LogP contribution in [-0.4, -0.2) is 38.1 Å². The minimum atomic E-state index is 0.373. The van der Waals surface area contributed by atoms with Gasteiger partial charge in [-0.15, -0.1) is 20.4 Å². The fraction of sp³-hybridized carbons (Fsp3) is 0.474. The van der Waals surface area contributed by atoms with Gasteiger partial charge in [-0.2, -0.15) is 0 Å². The van der Waals surface area contributed by atoms with Crippen molar-refractivity contribution in [2.75, 3.05) is 18.0 Å². The fourth-order valence-electron chi connectivity index (χ4n) is 3.52. The van der Waals surface area contributed by atoms with E-state index in [1.54, 1.807) is 11.3 Å². The summed E-state index contributed by atoms with van der Waals surface area (Å²) in [6.07, 6.45) is 4.89. The van der Waals surface area contributed by atoms with Crippen LogP contribution in [-0.2, 0) is 6.42 Å². The second-order valence-corrected chi connectivity index (χ2v) is 8.73. The molecule has 6 nitrogen and oxygen atoms in total. The van der Waals surface area contributed by atoms with E-state index < -0.39 is 0 Å². The minimum absolute atomic E-state index is 0.373. The molecule has 1 atom stereocenters. The van der Waals surface area contributed by atoms with Gasteiger partial charge in [-0.1, -0.05) is 35.1 Å². The van der Waals surface area contributed by atoms with Crippen molar-refractivity contribution < 1.29 is 0 Å². The zero-order valence-electron chi connectivity index (χ0n) is 15.5. The average molecular weight is 403 g/mol. The Hall–Kier alpha value is -1.99. The Morgan fingerprint density at radius 2 is 2.00 bits per heavy atom. The maximum atomic E-state index is 5.96. The van der Waals surface area contributed by atoms with Crippen LogP contribution in [0.15, 0.2) is 30.6 Å². The van der Waals surface area contributed by atoms with E-state index >= 15 is 0 Å². The summed E-state index contributed by atoms with van der Waals surface area (Å²) in [5.74, 6) is 1.47. The zero-order valence-corrected chi connectivity index (χ0v) is 17.1. The molecule has 0 N–H and O–H groups in total. The van der Waals surface area contributed by atoms with Gasteiger partial charge in [0.25, 0.3) is 0 Å². The van der Waals surface area contributed by atoms with Crippen LogP contribution in [0.2, 0.25) is 5.02 Å². The van der Waals surface area contributed by atoms with E-state index in [1.807, 2.05) is 30.6 Å². The van der Waals surface area contributed by atoms with E-state index in [-0.39, 0.29) is 0 Å². The number of hydrogen-bond acceptors (Lipinski definition) is 6. The van der Waals surface area contributed by atoms with E-state index in [1.165, 1.54) is 5.56 Å². The highest BCUT2D eigenvalue weighted by Crippen LogP contribution is 2.31. The molecule has 2 aromatic heterocycles. The van der Waals surface area contributed by atoms with Gasteiger partial charge in [-0.05, 0) is 44.4 Å². The maximum absolute atomic E-state index is 5.96. The Bertz CT molecular complexity index is 888. The molecule has 0 aliphatic carbocycles. The fourth-order valence-corrected chi connectivity index (χ4v) is 4.56. The molecule has 3 heterocycles. The van der Waals surface area contributed by atoms with E-state index in [2.05, 4.69) is 43.7 Å². The molecule has 1 unspecified atom stereocenters. The molecular formula is C19H23ClN6S. The second-order valence-electron chi connectivity index (χ2n) is 7.26. The van der Waals surface area contributed by atoms with E-state index in [0.29, 0.717) is 12.0 Å². The summed E-state index contributed by atoms with van der Waals surface area (Å²) in [5.41, 5.74) is 1.20. The van der Waals surface area contributed by atoms with Crippen LogP contribution in [0.25, 0.3) is 0 Å². The Kier molecular flexibility index (Phi) is 5.41. The number of piperidine rings is 1. The number of halogens is 1. The van der Waals surface area contributed by atoms with Crippen molar-refractivity contribution in [1.29, 1.82) is 0 Å². The van der Waals surface area contributed by atoms with Gasteiger partial charge in [0.05, 0.1) is 0 Å². The first-order valence-electron chi connectivity index (χ1n) is 9.31. The lowest BCUT2D eigenvalue weighted by Crippen LogP contribution is -2.35. The van der Waals surface area contributed by atoms with Crippen molar-refractivity contribution in [3.8, 4) is 0 Å². The topological polar surface area (TPSA) is 59.7 Å². The second kappa shape index (κ2) is 7.94. The largest absolute Gasteiger partial charge is 0.346 e. The van der Waals surface area contributed by atoms with Gasteiger partial charge in [0.1, 0.15) is 17.2 Å². The number of nitrogens with zero attached hydrogens (tertiary/aromatic N) is 6. The Labute approximate surface area is 168 Å². The van der Waals surface area contributed by atoms with Crippen LogP contribution in [0, 0.1) is 0 Å². The maximum Gasteiger partial charge on any atom is 0.208 e. The summed E-state index contributed by atoms with van der Waals surface area (Å²) in [5, 5.41) is 20.2. The zero-order chi connectivity index (χ0) is 18.8. The molecule has 27 heavy (non-hydrogen) atoms. The SMILES string of the molecule is CC(C)n1cnnc1C1CCCN(c2nnc(Cc3ccc(Cl)cc3)s2)C1. The van der Waals surface area contributed by atoms with Crippen molar-refractivity contribution in [2.24, 2.45) is 0 Å². The number of benzene rings is 1. The molecule has 1 aromatic carbocycles. The molecule has 1 aliphatic rings. The van der Waals surface area contributed by atoms with Crippen molar-refractivity contribution in [2.45, 2.75) is 45.1 Å². The lowest BCUT2D eigenvalue weighted by atomic mass is 9.97. The number of hydrogen-bond donors (Lipinski definition) is 0. The van der Waals surface area contributed by atoms with Gasteiger partial charge in [0.15, 0.2) is 0 Å². The van der Waals surface area contributed by atoms with Crippen molar-refractivity contribution in [3.63, 3.8) is 0 Å². The number of rotatable bonds is 5. The van der Waals surface area contributed by atoms with E-state index in [0.717, 1.165) is 53.3 Å². The molecule has 142 valence electrons. The molecule has 1 aliphatic heterocycles. The predicted octanol–water partition coefficient (Wildman–Crippen LogP) is 4.34. The van der Waals surface area contributed by atoms with Gasteiger partial charge in [-0.3, -0.25) is 0 Å². The standard InChI is InChI=1S/C19H23ClN6S/c1-13(2)26-12-21-23-18(26)15-4-3-9-25(11-15)19-24-22-17(27-19)10-14-5-7-16(20)8-6-14/h5-8,12-13,15H,3-4,9-11H2,1-2H3. The van der Waals surface area contributed by atoms with E-state index in [9.17, 15) is 0 Å². The first-order chi connectivity index (χ1) is 13.1. The molecule has 3 aromatic rings. The third-order valence-electron chi connectivity index (χ3n) is 4.94. The smallest absolute Gasteiger partial charge is 0.208 e. The van der Waals surface area contributed by atoms with Gasteiger partial charge in [0, 0.05) is 36.5 Å². The molecule has 0 radical (unpaired) electrons. The van der Waals surface area contributed by atoms with Crippen LogP contribution in [0.3, 0.4) is 0 Å². The van der Waals surface area contributed by atoms with Crippen LogP contribution < -0.4 is 4.90 Å².